The van der Waals surface area contributed by atoms with Gasteiger partial charge < -0.3 is 10.5 Å². The summed E-state index contributed by atoms with van der Waals surface area (Å²) in [5, 5.41) is 0. The van der Waals surface area contributed by atoms with Crippen molar-refractivity contribution in [3.63, 3.8) is 0 Å². The van der Waals surface area contributed by atoms with Crippen LogP contribution in [0.25, 0.3) is 0 Å². The first-order valence-electron chi connectivity index (χ1n) is 5.98. The van der Waals surface area contributed by atoms with E-state index in [1.54, 1.807) is 6.07 Å². The van der Waals surface area contributed by atoms with Gasteiger partial charge in [0, 0.05) is 16.6 Å². The van der Waals surface area contributed by atoms with Gasteiger partial charge in [-0.3, -0.25) is 0 Å². The van der Waals surface area contributed by atoms with Crippen molar-refractivity contribution in [1.29, 1.82) is 0 Å². The molecular weight excluding hydrogens is 309 g/mol. The summed E-state index contributed by atoms with van der Waals surface area (Å²) >= 11 is 3.37. The highest BCUT2D eigenvalue weighted by molar-refractivity contribution is 9.10. The van der Waals surface area contributed by atoms with Gasteiger partial charge in [0.1, 0.15) is 5.82 Å². The van der Waals surface area contributed by atoms with Crippen molar-refractivity contribution in [3.05, 3.63) is 69.4 Å². The van der Waals surface area contributed by atoms with Gasteiger partial charge in [-0.15, -0.1) is 0 Å². The average Bonchev–Trinajstić information content (AvgIpc) is 2.42. The Morgan fingerprint density at radius 3 is 2.32 bits per heavy atom. The van der Waals surface area contributed by atoms with Gasteiger partial charge in [0.25, 0.3) is 0 Å². The van der Waals surface area contributed by atoms with Crippen LogP contribution in [-0.4, -0.2) is 0 Å². The Morgan fingerprint density at radius 1 is 1.00 bits per heavy atom. The van der Waals surface area contributed by atoms with Crippen LogP contribution in [0, 0.1) is 5.82 Å². The van der Waals surface area contributed by atoms with Crippen molar-refractivity contribution in [2.45, 2.75) is 19.8 Å². The lowest BCUT2D eigenvalue weighted by Gasteiger charge is -2.07. The summed E-state index contributed by atoms with van der Waals surface area (Å²) in [6.07, 6.45) is 0. The summed E-state index contributed by atoms with van der Waals surface area (Å²) in [6.45, 7) is 1.06. The van der Waals surface area contributed by atoms with Crippen molar-refractivity contribution in [2.75, 3.05) is 0 Å². The largest absolute Gasteiger partial charge is 0.372 e. The zero-order chi connectivity index (χ0) is 13.7. The molecule has 2 N–H and O–H groups in total. The Hall–Kier alpha value is -1.23. The van der Waals surface area contributed by atoms with Crippen molar-refractivity contribution < 1.29 is 9.13 Å². The monoisotopic (exact) mass is 323 g/mol. The number of hydrogen-bond donors (Lipinski definition) is 1. The van der Waals surface area contributed by atoms with E-state index in [1.165, 1.54) is 6.07 Å². The van der Waals surface area contributed by atoms with E-state index < -0.39 is 0 Å². The van der Waals surface area contributed by atoms with E-state index >= 15 is 0 Å². The van der Waals surface area contributed by atoms with Gasteiger partial charge in [-0.25, -0.2) is 4.39 Å². The van der Waals surface area contributed by atoms with E-state index in [0.717, 1.165) is 15.6 Å². The van der Waals surface area contributed by atoms with E-state index in [9.17, 15) is 4.39 Å². The first-order valence-corrected chi connectivity index (χ1v) is 6.78. The molecule has 0 aliphatic carbocycles. The molecule has 0 aliphatic rings. The minimum absolute atomic E-state index is 0.257. The Labute approximate surface area is 120 Å². The minimum Gasteiger partial charge on any atom is -0.372 e. The fourth-order valence-corrected chi connectivity index (χ4v) is 1.96. The molecule has 0 spiro atoms. The number of halogens is 2. The Bertz CT molecular complexity index is 542. The lowest BCUT2D eigenvalue weighted by Crippen LogP contribution is -2.01. The predicted octanol–water partition coefficient (Wildman–Crippen LogP) is 3.76. The standard InChI is InChI=1S/C15H15BrFNO/c16-14-5-2-11(3-6-14)9-19-10-13-4-1-12(8-18)7-15(13)17/h1-7H,8-10,18H2. The maximum absolute atomic E-state index is 13.7. The molecule has 0 heterocycles. The van der Waals surface area contributed by atoms with Gasteiger partial charge in [-0.2, -0.15) is 0 Å². The number of hydrogen-bond acceptors (Lipinski definition) is 2. The molecule has 2 nitrogen and oxygen atoms in total. The molecule has 0 fully saturated rings. The number of rotatable bonds is 5. The highest BCUT2D eigenvalue weighted by Crippen LogP contribution is 2.14. The zero-order valence-electron chi connectivity index (χ0n) is 10.4. The second-order valence-electron chi connectivity index (χ2n) is 4.25. The van der Waals surface area contributed by atoms with Crippen molar-refractivity contribution in [3.8, 4) is 0 Å². The maximum Gasteiger partial charge on any atom is 0.129 e. The predicted molar refractivity (Wildman–Crippen MR) is 76.9 cm³/mol. The normalized spacial score (nSPS) is 10.7. The molecule has 0 amide bonds. The third-order valence-electron chi connectivity index (χ3n) is 2.79. The molecule has 19 heavy (non-hydrogen) atoms. The SMILES string of the molecule is NCc1ccc(COCc2ccc(Br)cc2)c(F)c1. The number of ether oxygens (including phenoxy) is 1. The van der Waals surface area contributed by atoms with Crippen LogP contribution >= 0.6 is 15.9 Å². The third-order valence-corrected chi connectivity index (χ3v) is 3.32. The molecule has 2 aromatic carbocycles. The highest BCUT2D eigenvalue weighted by Gasteiger charge is 2.03. The van der Waals surface area contributed by atoms with E-state index in [-0.39, 0.29) is 12.4 Å². The van der Waals surface area contributed by atoms with Gasteiger partial charge in [-0.05, 0) is 29.3 Å². The van der Waals surface area contributed by atoms with E-state index in [1.807, 2.05) is 30.3 Å². The van der Waals surface area contributed by atoms with E-state index in [4.69, 9.17) is 10.5 Å². The van der Waals surface area contributed by atoms with Crippen LogP contribution in [0.4, 0.5) is 4.39 Å². The fourth-order valence-electron chi connectivity index (χ4n) is 1.69. The molecule has 0 radical (unpaired) electrons. The molecule has 0 unspecified atom stereocenters. The first-order chi connectivity index (χ1) is 9.19. The molecule has 0 aromatic heterocycles. The first kappa shape index (κ1) is 14.2. The number of nitrogens with two attached hydrogens (primary N) is 1. The van der Waals surface area contributed by atoms with Crippen LogP contribution < -0.4 is 5.73 Å². The van der Waals surface area contributed by atoms with Crippen LogP contribution in [0.5, 0.6) is 0 Å². The highest BCUT2D eigenvalue weighted by atomic mass is 79.9. The van der Waals surface area contributed by atoms with E-state index in [0.29, 0.717) is 18.7 Å². The second kappa shape index (κ2) is 6.80. The summed E-state index contributed by atoms with van der Waals surface area (Å²) in [5.74, 6) is -0.265. The molecule has 0 aliphatic heterocycles. The maximum atomic E-state index is 13.7. The Balaban J connectivity index is 1.90. The van der Waals surface area contributed by atoms with Crippen molar-refractivity contribution >= 4 is 15.9 Å². The van der Waals surface area contributed by atoms with Crippen LogP contribution in [0.15, 0.2) is 46.9 Å². The van der Waals surface area contributed by atoms with Crippen LogP contribution in [0.3, 0.4) is 0 Å². The average molecular weight is 324 g/mol. The molecule has 0 saturated heterocycles. The van der Waals surface area contributed by atoms with Gasteiger partial charge in [0.15, 0.2) is 0 Å². The summed E-state index contributed by atoms with van der Waals surface area (Å²) < 4.78 is 20.2. The molecule has 0 bridgehead atoms. The Kier molecular flexibility index (Phi) is 5.07. The molecule has 100 valence electrons. The molecule has 4 heteroatoms. The van der Waals surface area contributed by atoms with Gasteiger partial charge in [0.05, 0.1) is 13.2 Å². The smallest absolute Gasteiger partial charge is 0.129 e. The summed E-state index contributed by atoms with van der Waals surface area (Å²) in [5.41, 5.74) is 7.85. The lowest BCUT2D eigenvalue weighted by molar-refractivity contribution is 0.105. The quantitative estimate of drug-likeness (QED) is 0.909. The molecule has 0 saturated carbocycles. The third kappa shape index (κ3) is 4.13. The molecular formula is C15H15BrFNO. The summed E-state index contributed by atoms with van der Waals surface area (Å²) in [7, 11) is 0. The molecule has 2 aromatic rings. The molecule has 0 atom stereocenters. The lowest BCUT2D eigenvalue weighted by atomic mass is 10.1. The number of benzene rings is 2. The van der Waals surface area contributed by atoms with Gasteiger partial charge >= 0.3 is 0 Å². The van der Waals surface area contributed by atoms with Gasteiger partial charge in [0.2, 0.25) is 0 Å². The van der Waals surface area contributed by atoms with Crippen molar-refractivity contribution in [2.24, 2.45) is 5.73 Å². The van der Waals surface area contributed by atoms with Crippen LogP contribution in [0.1, 0.15) is 16.7 Å². The van der Waals surface area contributed by atoms with Crippen LogP contribution in [0.2, 0.25) is 0 Å². The van der Waals surface area contributed by atoms with Gasteiger partial charge in [-0.1, -0.05) is 40.2 Å². The fraction of sp³-hybridized carbons (Fsp3) is 0.200. The topological polar surface area (TPSA) is 35.2 Å². The zero-order valence-corrected chi connectivity index (χ0v) is 12.0. The second-order valence-corrected chi connectivity index (χ2v) is 5.16. The molecule has 2 rings (SSSR count). The summed E-state index contributed by atoms with van der Waals surface area (Å²) in [6, 6.07) is 12.8. The van der Waals surface area contributed by atoms with Crippen LogP contribution in [-0.2, 0) is 24.5 Å². The van der Waals surface area contributed by atoms with E-state index in [2.05, 4.69) is 15.9 Å². The minimum atomic E-state index is -0.265. The Morgan fingerprint density at radius 2 is 1.68 bits per heavy atom. The summed E-state index contributed by atoms with van der Waals surface area (Å²) in [4.78, 5) is 0. The van der Waals surface area contributed by atoms with Crippen molar-refractivity contribution in [1.82, 2.24) is 0 Å².